The first-order valence-corrected chi connectivity index (χ1v) is 22.4. The number of nitrogens with two attached hydrogens (primary N) is 2. The maximum Gasteiger partial charge on any atom is 0.0925 e. The molecule has 0 bridgehead atoms. The number of allylic oxidation sites excluding steroid dienone is 1. The molecular formula is C45H92N2. The molecule has 0 spiro atoms. The normalized spacial score (nSPS) is 11.4. The van der Waals surface area contributed by atoms with Gasteiger partial charge in [-0.25, -0.2) is 0 Å². The number of rotatable bonds is 41. The van der Waals surface area contributed by atoms with Crippen molar-refractivity contribution in [2.75, 3.05) is 0 Å². The summed E-state index contributed by atoms with van der Waals surface area (Å²) in [5.74, 6) is 0.616. The molecule has 2 heteroatoms. The van der Waals surface area contributed by atoms with Crippen LogP contribution in [0.3, 0.4) is 0 Å². The van der Waals surface area contributed by atoms with E-state index in [0.717, 1.165) is 12.8 Å². The molecule has 0 saturated carbocycles. The maximum atomic E-state index is 6.06. The smallest absolute Gasteiger partial charge is 0.0925 e. The minimum absolute atomic E-state index is 0.616. The van der Waals surface area contributed by atoms with E-state index < -0.39 is 0 Å². The van der Waals surface area contributed by atoms with Gasteiger partial charge in [0, 0.05) is 0 Å². The van der Waals surface area contributed by atoms with Crippen molar-refractivity contribution in [3.63, 3.8) is 0 Å². The van der Waals surface area contributed by atoms with Gasteiger partial charge in [-0.05, 0) is 31.3 Å². The van der Waals surface area contributed by atoms with E-state index in [2.05, 4.69) is 13.8 Å². The van der Waals surface area contributed by atoms with Crippen LogP contribution in [-0.2, 0) is 0 Å². The van der Waals surface area contributed by atoms with Crippen molar-refractivity contribution in [2.24, 2.45) is 11.5 Å². The first-order chi connectivity index (χ1) is 23.2. The van der Waals surface area contributed by atoms with Gasteiger partial charge in [-0.3, -0.25) is 0 Å². The molecule has 0 aromatic carbocycles. The molecule has 47 heavy (non-hydrogen) atoms. The van der Waals surface area contributed by atoms with Crippen LogP contribution in [0.1, 0.15) is 277 Å². The Morgan fingerprint density at radius 2 is 0.383 bits per heavy atom. The molecule has 0 aromatic heterocycles. The van der Waals surface area contributed by atoms with Crippen molar-refractivity contribution in [3.8, 4) is 0 Å². The SMILES string of the molecule is CCCCCCCCCCCCCCCCCCCCCCC(CCCCCCCCCCCCCCCCCCCCC)=C(N)N. The van der Waals surface area contributed by atoms with Crippen LogP contribution in [0, 0.1) is 0 Å². The second-order valence-corrected chi connectivity index (χ2v) is 15.6. The quantitative estimate of drug-likeness (QED) is 0.0641. The molecule has 0 atom stereocenters. The molecule has 0 aliphatic heterocycles. The summed E-state index contributed by atoms with van der Waals surface area (Å²) < 4.78 is 0. The molecule has 0 radical (unpaired) electrons. The Balaban J connectivity index is 3.35. The van der Waals surface area contributed by atoms with Crippen LogP contribution in [0.5, 0.6) is 0 Å². The fraction of sp³-hybridized carbons (Fsp3) is 0.956. The van der Waals surface area contributed by atoms with E-state index in [4.69, 9.17) is 11.5 Å². The molecule has 0 fully saturated rings. The Kier molecular flexibility index (Phi) is 40.9. The monoisotopic (exact) mass is 661 g/mol. The van der Waals surface area contributed by atoms with Crippen molar-refractivity contribution in [2.45, 2.75) is 277 Å². The van der Waals surface area contributed by atoms with Crippen molar-refractivity contribution >= 4 is 0 Å². The molecule has 0 saturated heterocycles. The highest BCUT2D eigenvalue weighted by atomic mass is 14.8. The van der Waals surface area contributed by atoms with Crippen molar-refractivity contribution in [1.82, 2.24) is 0 Å². The van der Waals surface area contributed by atoms with E-state index in [1.807, 2.05) is 0 Å². The fourth-order valence-electron chi connectivity index (χ4n) is 7.42. The van der Waals surface area contributed by atoms with Gasteiger partial charge >= 0.3 is 0 Å². The Morgan fingerprint density at radius 1 is 0.234 bits per heavy atom. The lowest BCUT2D eigenvalue weighted by atomic mass is 9.99. The summed E-state index contributed by atoms with van der Waals surface area (Å²) in [4.78, 5) is 0. The molecular weight excluding hydrogens is 569 g/mol. The lowest BCUT2D eigenvalue weighted by Crippen LogP contribution is -2.12. The van der Waals surface area contributed by atoms with E-state index >= 15 is 0 Å². The highest BCUT2D eigenvalue weighted by Crippen LogP contribution is 2.20. The largest absolute Gasteiger partial charge is 0.386 e. The summed E-state index contributed by atoms with van der Waals surface area (Å²) in [6.45, 7) is 4.61. The van der Waals surface area contributed by atoms with Crippen LogP contribution in [0.2, 0.25) is 0 Å². The molecule has 282 valence electrons. The van der Waals surface area contributed by atoms with Crippen molar-refractivity contribution in [3.05, 3.63) is 11.4 Å². The van der Waals surface area contributed by atoms with Gasteiger partial charge in [-0.1, -0.05) is 251 Å². The van der Waals surface area contributed by atoms with Gasteiger partial charge in [-0.15, -0.1) is 0 Å². The predicted octanol–water partition coefficient (Wildman–Crippen LogP) is 16.1. The van der Waals surface area contributed by atoms with Gasteiger partial charge in [0.2, 0.25) is 0 Å². The summed E-state index contributed by atoms with van der Waals surface area (Å²) in [7, 11) is 0. The first kappa shape index (κ1) is 46.3. The Bertz CT molecular complexity index is 593. The average molecular weight is 661 g/mol. The zero-order valence-electron chi connectivity index (χ0n) is 33.1. The van der Waals surface area contributed by atoms with Gasteiger partial charge < -0.3 is 11.5 Å². The zero-order valence-corrected chi connectivity index (χ0v) is 33.1. The van der Waals surface area contributed by atoms with Crippen LogP contribution >= 0.6 is 0 Å². The minimum Gasteiger partial charge on any atom is -0.386 e. The summed E-state index contributed by atoms with van der Waals surface area (Å²) in [6, 6.07) is 0. The summed E-state index contributed by atoms with van der Waals surface area (Å²) in [6.07, 6.45) is 58.1. The second-order valence-electron chi connectivity index (χ2n) is 15.6. The molecule has 0 aliphatic carbocycles. The molecule has 0 unspecified atom stereocenters. The van der Waals surface area contributed by atoms with E-state index in [1.54, 1.807) is 0 Å². The van der Waals surface area contributed by atoms with Gasteiger partial charge in [-0.2, -0.15) is 0 Å². The van der Waals surface area contributed by atoms with Crippen LogP contribution in [0.25, 0.3) is 0 Å². The van der Waals surface area contributed by atoms with Gasteiger partial charge in [0.1, 0.15) is 0 Å². The lowest BCUT2D eigenvalue weighted by molar-refractivity contribution is 0.520. The second kappa shape index (κ2) is 41.5. The number of hydrogen-bond donors (Lipinski definition) is 2. The zero-order chi connectivity index (χ0) is 34.1. The topological polar surface area (TPSA) is 52.0 Å². The third-order valence-electron chi connectivity index (χ3n) is 10.8. The number of hydrogen-bond acceptors (Lipinski definition) is 2. The standard InChI is InChI=1S/C45H92N2/c1-3-5-7-9-11-13-15-17-19-21-23-25-27-29-31-33-35-37-39-41-43-44(45(46)47)42-40-38-36-34-32-30-28-26-24-22-20-18-16-14-12-10-8-6-4-2/h3-43,46-47H2,1-2H3. The minimum atomic E-state index is 0.616. The average Bonchev–Trinajstić information content (AvgIpc) is 3.07. The van der Waals surface area contributed by atoms with E-state index in [1.165, 1.54) is 256 Å². The van der Waals surface area contributed by atoms with E-state index in [0.29, 0.717) is 5.82 Å². The molecule has 0 aromatic rings. The third-order valence-corrected chi connectivity index (χ3v) is 10.8. The molecule has 0 rings (SSSR count). The molecule has 0 aliphatic rings. The van der Waals surface area contributed by atoms with Crippen molar-refractivity contribution in [1.29, 1.82) is 0 Å². The molecule has 4 N–H and O–H groups in total. The Labute approximate surface area is 299 Å². The highest BCUT2D eigenvalue weighted by Gasteiger charge is 2.03. The summed E-state index contributed by atoms with van der Waals surface area (Å²) in [5, 5.41) is 0. The van der Waals surface area contributed by atoms with E-state index in [-0.39, 0.29) is 0 Å². The van der Waals surface area contributed by atoms with Crippen LogP contribution in [-0.4, -0.2) is 0 Å². The Morgan fingerprint density at radius 3 is 0.532 bits per heavy atom. The maximum absolute atomic E-state index is 6.06. The van der Waals surface area contributed by atoms with Crippen LogP contribution < -0.4 is 11.5 Å². The van der Waals surface area contributed by atoms with Gasteiger partial charge in [0.15, 0.2) is 0 Å². The van der Waals surface area contributed by atoms with E-state index in [9.17, 15) is 0 Å². The lowest BCUT2D eigenvalue weighted by Gasteiger charge is -2.10. The number of unbranched alkanes of at least 4 members (excludes halogenated alkanes) is 37. The highest BCUT2D eigenvalue weighted by molar-refractivity contribution is 5.07. The van der Waals surface area contributed by atoms with Crippen LogP contribution in [0.15, 0.2) is 11.4 Å². The predicted molar refractivity (Wildman–Crippen MR) is 216 cm³/mol. The van der Waals surface area contributed by atoms with Gasteiger partial charge in [0.25, 0.3) is 0 Å². The molecule has 0 amide bonds. The molecule has 2 nitrogen and oxygen atoms in total. The third kappa shape index (κ3) is 39.7. The van der Waals surface area contributed by atoms with Crippen LogP contribution in [0.4, 0.5) is 0 Å². The summed E-state index contributed by atoms with van der Waals surface area (Å²) in [5.41, 5.74) is 13.5. The van der Waals surface area contributed by atoms with Crippen molar-refractivity contribution < 1.29 is 0 Å². The van der Waals surface area contributed by atoms with Gasteiger partial charge in [0.05, 0.1) is 5.82 Å². The fourth-order valence-corrected chi connectivity index (χ4v) is 7.42. The first-order valence-electron chi connectivity index (χ1n) is 22.4. The molecule has 0 heterocycles. The Hall–Kier alpha value is -0.660. The summed E-state index contributed by atoms with van der Waals surface area (Å²) >= 11 is 0.